The second kappa shape index (κ2) is 6.13. The molecule has 0 amide bonds. The van der Waals surface area contributed by atoms with Crippen LogP contribution in [0.25, 0.3) is 4.96 Å². The van der Waals surface area contributed by atoms with Crippen LogP contribution in [-0.4, -0.2) is 20.5 Å². The number of aromatic hydroxyl groups is 1. The van der Waals surface area contributed by atoms with E-state index in [-0.39, 0.29) is 23.5 Å². The molecule has 0 radical (unpaired) electrons. The van der Waals surface area contributed by atoms with Crippen molar-refractivity contribution < 1.29 is 14.6 Å². The molecule has 0 saturated heterocycles. The summed E-state index contributed by atoms with van der Waals surface area (Å²) >= 11 is 4.57. The number of thiazole rings is 1. The Hall–Kier alpha value is -2.19. The van der Waals surface area contributed by atoms with Crippen LogP contribution in [0.4, 0.5) is 0 Å². The number of benzene rings is 1. The maximum absolute atomic E-state index is 12.0. The molecule has 1 N–H and O–H groups in total. The first-order valence-electron chi connectivity index (χ1n) is 6.58. The van der Waals surface area contributed by atoms with E-state index in [1.54, 1.807) is 6.07 Å². The first-order valence-corrected chi connectivity index (χ1v) is 8.25. The summed E-state index contributed by atoms with van der Waals surface area (Å²) in [6.45, 7) is 1.68. The monoisotopic (exact) mass is 394 g/mol. The van der Waals surface area contributed by atoms with E-state index in [1.807, 2.05) is 12.3 Å². The van der Waals surface area contributed by atoms with Crippen molar-refractivity contribution in [3.63, 3.8) is 0 Å². The number of hydrogen-bond acceptors (Lipinski definition) is 6. The molecule has 2 heterocycles. The number of rotatable bonds is 3. The highest BCUT2D eigenvalue weighted by Crippen LogP contribution is 2.23. The van der Waals surface area contributed by atoms with Crippen molar-refractivity contribution in [3.05, 3.63) is 61.4 Å². The van der Waals surface area contributed by atoms with Gasteiger partial charge in [0.15, 0.2) is 4.96 Å². The van der Waals surface area contributed by atoms with E-state index in [1.165, 1.54) is 33.9 Å². The fourth-order valence-electron chi connectivity index (χ4n) is 2.06. The summed E-state index contributed by atoms with van der Waals surface area (Å²) in [5, 5.41) is 11.5. The second-order valence-electron chi connectivity index (χ2n) is 4.82. The Bertz CT molecular complexity index is 964. The van der Waals surface area contributed by atoms with E-state index in [2.05, 4.69) is 20.9 Å². The SMILES string of the molecule is Cc1csc2nc(COC(=O)c3cc(Br)ccc3O)cc(=O)n12. The topological polar surface area (TPSA) is 80.9 Å². The number of ether oxygens (including phenoxy) is 1. The standard InChI is InChI=1S/C15H11BrN2O4S/c1-8-7-23-15-17-10(5-13(20)18(8)15)6-22-14(21)11-4-9(16)2-3-12(11)19/h2-5,7,19H,6H2,1H3. The minimum Gasteiger partial charge on any atom is -0.507 e. The molecule has 1 aromatic carbocycles. The van der Waals surface area contributed by atoms with Crippen molar-refractivity contribution in [3.8, 4) is 5.75 Å². The molecule has 2 aromatic heterocycles. The normalized spacial score (nSPS) is 10.9. The number of esters is 1. The van der Waals surface area contributed by atoms with Crippen LogP contribution in [0, 0.1) is 6.92 Å². The second-order valence-corrected chi connectivity index (χ2v) is 6.57. The lowest BCUT2D eigenvalue weighted by Gasteiger charge is -2.06. The van der Waals surface area contributed by atoms with E-state index >= 15 is 0 Å². The average molecular weight is 395 g/mol. The number of fused-ring (bicyclic) bond motifs is 1. The van der Waals surface area contributed by atoms with Gasteiger partial charge >= 0.3 is 5.97 Å². The molecule has 0 spiro atoms. The fourth-order valence-corrected chi connectivity index (χ4v) is 3.32. The maximum Gasteiger partial charge on any atom is 0.342 e. The molecule has 0 atom stereocenters. The summed E-state index contributed by atoms with van der Waals surface area (Å²) in [7, 11) is 0. The Balaban J connectivity index is 1.82. The number of carbonyl (C=O) groups excluding carboxylic acids is 1. The molecule has 3 aromatic rings. The van der Waals surface area contributed by atoms with Crippen molar-refractivity contribution >= 4 is 38.2 Å². The Morgan fingerprint density at radius 3 is 3.00 bits per heavy atom. The van der Waals surface area contributed by atoms with Crippen molar-refractivity contribution in [1.82, 2.24) is 9.38 Å². The smallest absolute Gasteiger partial charge is 0.342 e. The molecule has 6 nitrogen and oxygen atoms in total. The molecule has 23 heavy (non-hydrogen) atoms. The van der Waals surface area contributed by atoms with Gasteiger partial charge in [0, 0.05) is 21.6 Å². The minimum absolute atomic E-state index is 0.0455. The Labute approximate surface area is 143 Å². The van der Waals surface area contributed by atoms with Gasteiger partial charge in [0.1, 0.15) is 17.9 Å². The lowest BCUT2D eigenvalue weighted by molar-refractivity contribution is 0.0464. The predicted molar refractivity (Wildman–Crippen MR) is 89.0 cm³/mol. The number of halogens is 1. The molecule has 0 bridgehead atoms. The Morgan fingerprint density at radius 1 is 1.43 bits per heavy atom. The summed E-state index contributed by atoms with van der Waals surface area (Å²) in [6, 6.07) is 5.81. The van der Waals surface area contributed by atoms with Crippen molar-refractivity contribution in [2.45, 2.75) is 13.5 Å². The molecule has 0 aliphatic rings. The molecule has 0 unspecified atom stereocenters. The van der Waals surface area contributed by atoms with Gasteiger partial charge in [0.2, 0.25) is 0 Å². The quantitative estimate of drug-likeness (QED) is 0.690. The molecule has 0 aliphatic heterocycles. The molecule has 118 valence electrons. The minimum atomic E-state index is -0.687. The highest BCUT2D eigenvalue weighted by atomic mass is 79.9. The van der Waals surface area contributed by atoms with Gasteiger partial charge in [0.25, 0.3) is 5.56 Å². The maximum atomic E-state index is 12.0. The average Bonchev–Trinajstić information content (AvgIpc) is 2.89. The van der Waals surface area contributed by atoms with Crippen LogP contribution >= 0.6 is 27.3 Å². The van der Waals surface area contributed by atoms with Crippen molar-refractivity contribution in [1.29, 1.82) is 0 Å². The lowest BCUT2D eigenvalue weighted by atomic mass is 10.2. The van der Waals surface area contributed by atoms with Gasteiger partial charge in [-0.05, 0) is 25.1 Å². The van der Waals surface area contributed by atoms with Crippen molar-refractivity contribution in [2.24, 2.45) is 0 Å². The van der Waals surface area contributed by atoms with Gasteiger partial charge in [-0.1, -0.05) is 15.9 Å². The van der Waals surface area contributed by atoms with E-state index in [0.29, 0.717) is 15.1 Å². The number of nitrogens with zero attached hydrogens (tertiary/aromatic N) is 2. The number of hydrogen-bond donors (Lipinski definition) is 1. The van der Waals surface area contributed by atoms with Crippen LogP contribution in [0.3, 0.4) is 0 Å². The largest absolute Gasteiger partial charge is 0.507 e. The van der Waals surface area contributed by atoms with E-state index < -0.39 is 5.97 Å². The fraction of sp³-hybridized carbons (Fsp3) is 0.133. The summed E-state index contributed by atoms with van der Waals surface area (Å²) in [5.74, 6) is -0.858. The summed E-state index contributed by atoms with van der Waals surface area (Å²) < 4.78 is 7.28. The molecule has 8 heteroatoms. The zero-order valence-corrected chi connectivity index (χ0v) is 14.3. The van der Waals surface area contributed by atoms with Crippen LogP contribution in [0.1, 0.15) is 21.7 Å². The van der Waals surface area contributed by atoms with Crippen LogP contribution in [-0.2, 0) is 11.3 Å². The highest BCUT2D eigenvalue weighted by molar-refractivity contribution is 9.10. The zero-order chi connectivity index (χ0) is 16.6. The Morgan fingerprint density at radius 2 is 2.22 bits per heavy atom. The van der Waals surface area contributed by atoms with E-state index in [4.69, 9.17) is 4.74 Å². The third-order valence-electron chi connectivity index (χ3n) is 3.16. The van der Waals surface area contributed by atoms with Gasteiger partial charge in [-0.3, -0.25) is 9.20 Å². The zero-order valence-electron chi connectivity index (χ0n) is 11.9. The van der Waals surface area contributed by atoms with Gasteiger partial charge in [-0.25, -0.2) is 9.78 Å². The number of carbonyl (C=O) groups is 1. The first-order chi connectivity index (χ1) is 11.0. The highest BCUT2D eigenvalue weighted by Gasteiger charge is 2.14. The number of phenolic OH excluding ortho intramolecular Hbond substituents is 1. The van der Waals surface area contributed by atoms with Gasteiger partial charge in [0.05, 0.1) is 5.69 Å². The van der Waals surface area contributed by atoms with Gasteiger partial charge in [-0.2, -0.15) is 0 Å². The summed E-state index contributed by atoms with van der Waals surface area (Å²) in [6.07, 6.45) is 0. The molecule has 3 rings (SSSR count). The molecular formula is C15H11BrN2O4S. The van der Waals surface area contributed by atoms with Crippen LogP contribution < -0.4 is 5.56 Å². The van der Waals surface area contributed by atoms with Gasteiger partial charge < -0.3 is 9.84 Å². The van der Waals surface area contributed by atoms with Crippen molar-refractivity contribution in [2.75, 3.05) is 0 Å². The molecule has 0 fully saturated rings. The van der Waals surface area contributed by atoms with Crippen LogP contribution in [0.2, 0.25) is 0 Å². The molecule has 0 aliphatic carbocycles. The van der Waals surface area contributed by atoms with Crippen LogP contribution in [0.5, 0.6) is 5.75 Å². The first kappa shape index (κ1) is 15.7. The summed E-state index contributed by atoms with van der Waals surface area (Å²) in [4.78, 5) is 28.9. The number of aryl methyl sites for hydroxylation is 1. The number of aromatic nitrogens is 2. The van der Waals surface area contributed by atoms with Crippen LogP contribution in [0.15, 0.2) is 38.9 Å². The molecular weight excluding hydrogens is 384 g/mol. The predicted octanol–water partition coefficient (Wildman–Crippen LogP) is 2.89. The number of phenols is 1. The van der Waals surface area contributed by atoms with E-state index in [0.717, 1.165) is 5.69 Å². The Kier molecular flexibility index (Phi) is 4.18. The molecule has 0 saturated carbocycles. The van der Waals surface area contributed by atoms with E-state index in [9.17, 15) is 14.7 Å². The lowest BCUT2D eigenvalue weighted by Crippen LogP contribution is -2.16. The summed E-state index contributed by atoms with van der Waals surface area (Å²) in [5.41, 5.74) is 0.999. The van der Waals surface area contributed by atoms with Gasteiger partial charge in [-0.15, -0.1) is 11.3 Å². The third kappa shape index (κ3) is 3.13. The third-order valence-corrected chi connectivity index (χ3v) is 4.60.